The average Bonchev–Trinajstić information content (AvgIpc) is 3.39. The number of aromatic amines is 1. The minimum absolute atomic E-state index is 0.324. The van der Waals surface area contributed by atoms with Crippen molar-refractivity contribution in [2.45, 2.75) is 57.9 Å². The molecule has 3 fully saturated rings. The number of hydrogen-bond acceptors (Lipinski definition) is 4. The molecule has 2 atom stereocenters. The van der Waals surface area contributed by atoms with Gasteiger partial charge >= 0.3 is 0 Å². The van der Waals surface area contributed by atoms with Gasteiger partial charge in [0.2, 0.25) is 0 Å². The van der Waals surface area contributed by atoms with E-state index in [2.05, 4.69) is 19.8 Å². The summed E-state index contributed by atoms with van der Waals surface area (Å²) in [5, 5.41) is 9.85. The number of nitrogens with one attached hydrogen (secondary N) is 1. The van der Waals surface area contributed by atoms with E-state index < -0.39 is 0 Å². The van der Waals surface area contributed by atoms with Gasteiger partial charge in [-0.3, -0.25) is 4.90 Å². The zero-order valence-corrected chi connectivity index (χ0v) is 16.2. The fourth-order valence-corrected chi connectivity index (χ4v) is 5.37. The molecule has 5 nitrogen and oxygen atoms in total. The number of aliphatic hydroxyl groups is 1. The van der Waals surface area contributed by atoms with Crippen molar-refractivity contribution < 1.29 is 5.11 Å². The lowest BCUT2D eigenvalue weighted by atomic mass is 9.95. The van der Waals surface area contributed by atoms with Gasteiger partial charge in [0.25, 0.3) is 0 Å². The molecule has 1 saturated carbocycles. The summed E-state index contributed by atoms with van der Waals surface area (Å²) in [5.74, 6) is 3.06. The molecule has 0 radical (unpaired) electrons. The van der Waals surface area contributed by atoms with Crippen molar-refractivity contribution in [1.29, 1.82) is 0 Å². The van der Waals surface area contributed by atoms with E-state index >= 15 is 0 Å². The van der Waals surface area contributed by atoms with Crippen LogP contribution in [0.15, 0.2) is 6.20 Å². The van der Waals surface area contributed by atoms with Gasteiger partial charge in [-0.15, -0.1) is 0 Å². The highest BCUT2D eigenvalue weighted by atomic mass is 16.3. The summed E-state index contributed by atoms with van der Waals surface area (Å²) < 4.78 is 0. The Bertz CT molecular complexity index is 548. The molecule has 1 aromatic rings. The van der Waals surface area contributed by atoms with Crippen LogP contribution in [0.2, 0.25) is 0 Å². The van der Waals surface area contributed by atoms with Crippen molar-refractivity contribution in [3.8, 4) is 0 Å². The first-order chi connectivity index (χ1) is 12.8. The maximum Gasteiger partial charge on any atom is 0.106 e. The molecule has 5 heteroatoms. The number of nitrogens with zero attached hydrogens (tertiary/aromatic N) is 3. The number of piperidine rings is 1. The molecule has 2 N–H and O–H groups in total. The van der Waals surface area contributed by atoms with E-state index in [1.54, 1.807) is 0 Å². The highest BCUT2D eigenvalue weighted by molar-refractivity contribution is 5.03. The highest BCUT2D eigenvalue weighted by Crippen LogP contribution is 2.28. The predicted molar refractivity (Wildman–Crippen MR) is 104 cm³/mol. The first kappa shape index (κ1) is 18.5. The number of H-pyrrole nitrogens is 1. The lowest BCUT2D eigenvalue weighted by molar-refractivity contribution is 0.149. The average molecular weight is 361 g/mol. The van der Waals surface area contributed by atoms with Crippen LogP contribution in [0.1, 0.15) is 56.5 Å². The van der Waals surface area contributed by atoms with E-state index in [1.807, 2.05) is 6.20 Å². The summed E-state index contributed by atoms with van der Waals surface area (Å²) in [7, 11) is 0. The first-order valence-corrected chi connectivity index (χ1v) is 10.9. The van der Waals surface area contributed by atoms with Gasteiger partial charge < -0.3 is 15.0 Å². The molecule has 2 aliphatic heterocycles. The van der Waals surface area contributed by atoms with Crippen LogP contribution in [0.25, 0.3) is 0 Å². The number of aliphatic hydroxyl groups excluding tert-OH is 1. The second-order valence-corrected chi connectivity index (χ2v) is 8.97. The number of rotatable bonds is 7. The molecule has 26 heavy (non-hydrogen) atoms. The molecule has 146 valence electrons. The minimum Gasteiger partial charge on any atom is -0.396 e. The lowest BCUT2D eigenvalue weighted by Crippen LogP contribution is -2.37. The van der Waals surface area contributed by atoms with E-state index in [4.69, 9.17) is 0 Å². The summed E-state index contributed by atoms with van der Waals surface area (Å²) in [6.07, 6.45) is 12.8. The van der Waals surface area contributed by atoms with Crippen LogP contribution in [-0.2, 0) is 13.0 Å². The van der Waals surface area contributed by atoms with Gasteiger partial charge in [-0.25, -0.2) is 4.98 Å². The Kier molecular flexibility index (Phi) is 6.28. The van der Waals surface area contributed by atoms with Crippen molar-refractivity contribution in [2.75, 3.05) is 39.3 Å². The largest absolute Gasteiger partial charge is 0.396 e. The molecule has 0 unspecified atom stereocenters. The van der Waals surface area contributed by atoms with Crippen molar-refractivity contribution in [2.24, 2.45) is 17.8 Å². The molecule has 0 aromatic carbocycles. The topological polar surface area (TPSA) is 55.4 Å². The van der Waals surface area contributed by atoms with Crippen LogP contribution in [0.4, 0.5) is 0 Å². The molecule has 4 rings (SSSR count). The zero-order chi connectivity index (χ0) is 17.8. The molecule has 2 saturated heterocycles. The van der Waals surface area contributed by atoms with Crippen LogP contribution < -0.4 is 0 Å². The van der Waals surface area contributed by atoms with Crippen LogP contribution in [0, 0.1) is 17.8 Å². The predicted octanol–water partition coefficient (Wildman–Crippen LogP) is 2.67. The fraction of sp³-hybridized carbons (Fsp3) is 0.857. The SMILES string of the molecule is OC[C@H]1CN(Cc2cnc(CC3CCCC3)[nH]2)C[C@H]1CN1CCCCC1. The van der Waals surface area contributed by atoms with Crippen molar-refractivity contribution in [1.82, 2.24) is 19.8 Å². The molecule has 3 aliphatic rings. The highest BCUT2D eigenvalue weighted by Gasteiger charge is 2.33. The molecule has 0 spiro atoms. The Morgan fingerprint density at radius 1 is 1.00 bits per heavy atom. The van der Waals surface area contributed by atoms with Gasteiger partial charge in [-0.2, -0.15) is 0 Å². The van der Waals surface area contributed by atoms with Gasteiger partial charge in [0.05, 0.1) is 0 Å². The molecule has 3 heterocycles. The smallest absolute Gasteiger partial charge is 0.106 e. The van der Waals surface area contributed by atoms with Gasteiger partial charge in [0.1, 0.15) is 5.82 Å². The maximum absolute atomic E-state index is 9.85. The van der Waals surface area contributed by atoms with Crippen molar-refractivity contribution in [3.05, 3.63) is 17.7 Å². The standard InChI is InChI=1S/C21H36N4O/c26-16-19-14-25(13-18(19)12-24-8-4-1-5-9-24)15-20-11-22-21(23-20)10-17-6-2-3-7-17/h11,17-19,26H,1-10,12-16H2,(H,22,23)/t18-,19-/m1/s1. The molecular formula is C21H36N4O. The van der Waals surface area contributed by atoms with E-state index in [0.29, 0.717) is 18.4 Å². The Morgan fingerprint density at radius 3 is 2.54 bits per heavy atom. The summed E-state index contributed by atoms with van der Waals surface area (Å²) in [5.41, 5.74) is 1.24. The summed E-state index contributed by atoms with van der Waals surface area (Å²) in [4.78, 5) is 13.3. The Morgan fingerprint density at radius 2 is 1.77 bits per heavy atom. The van der Waals surface area contributed by atoms with Gasteiger partial charge in [-0.1, -0.05) is 32.1 Å². The molecule has 1 aromatic heterocycles. The second kappa shape index (κ2) is 8.85. The van der Waals surface area contributed by atoms with E-state index in [1.165, 1.54) is 69.6 Å². The van der Waals surface area contributed by atoms with E-state index in [-0.39, 0.29) is 0 Å². The second-order valence-electron chi connectivity index (χ2n) is 8.97. The molecular weight excluding hydrogens is 324 g/mol. The molecule has 1 aliphatic carbocycles. The maximum atomic E-state index is 9.85. The summed E-state index contributed by atoms with van der Waals surface area (Å²) in [6.45, 7) is 7.07. The minimum atomic E-state index is 0.324. The Balaban J connectivity index is 1.28. The summed E-state index contributed by atoms with van der Waals surface area (Å²) >= 11 is 0. The first-order valence-electron chi connectivity index (χ1n) is 10.9. The van der Waals surface area contributed by atoms with Crippen LogP contribution in [0.3, 0.4) is 0 Å². The zero-order valence-electron chi connectivity index (χ0n) is 16.2. The number of hydrogen-bond donors (Lipinski definition) is 2. The fourth-order valence-electron chi connectivity index (χ4n) is 5.37. The normalized spacial score (nSPS) is 29.0. The van der Waals surface area contributed by atoms with Crippen LogP contribution in [0.5, 0.6) is 0 Å². The number of likely N-dealkylation sites (tertiary alicyclic amines) is 2. The molecule has 0 bridgehead atoms. The third-order valence-electron chi connectivity index (χ3n) is 6.86. The molecule has 0 amide bonds. The van der Waals surface area contributed by atoms with Crippen molar-refractivity contribution >= 4 is 0 Å². The van der Waals surface area contributed by atoms with Crippen LogP contribution in [-0.4, -0.2) is 64.2 Å². The van der Waals surface area contributed by atoms with Crippen molar-refractivity contribution in [3.63, 3.8) is 0 Å². The quantitative estimate of drug-likeness (QED) is 0.785. The number of imidazole rings is 1. The third kappa shape index (κ3) is 4.68. The Hall–Kier alpha value is -0.910. The van der Waals surface area contributed by atoms with Crippen LogP contribution >= 0.6 is 0 Å². The lowest BCUT2D eigenvalue weighted by Gasteiger charge is -2.30. The van der Waals surface area contributed by atoms with Gasteiger partial charge in [0, 0.05) is 51.1 Å². The van der Waals surface area contributed by atoms with Gasteiger partial charge in [0.15, 0.2) is 0 Å². The van der Waals surface area contributed by atoms with Gasteiger partial charge in [-0.05, 0) is 43.7 Å². The van der Waals surface area contributed by atoms with E-state index in [9.17, 15) is 5.11 Å². The number of aromatic nitrogens is 2. The Labute approximate surface area is 158 Å². The van der Waals surface area contributed by atoms with E-state index in [0.717, 1.165) is 38.5 Å². The third-order valence-corrected chi connectivity index (χ3v) is 6.86. The monoisotopic (exact) mass is 360 g/mol. The summed E-state index contributed by atoms with van der Waals surface area (Å²) in [6, 6.07) is 0.